The molecule has 0 radical (unpaired) electrons. The van der Waals surface area contributed by atoms with Crippen molar-refractivity contribution in [1.82, 2.24) is 24.9 Å². The van der Waals surface area contributed by atoms with Crippen molar-refractivity contribution >= 4 is 0 Å². The summed E-state index contributed by atoms with van der Waals surface area (Å²) in [6, 6.07) is 66.1. The second-order valence-electron chi connectivity index (χ2n) is 21.0. The van der Waals surface area contributed by atoms with Gasteiger partial charge in [-0.05, 0) is 155 Å². The summed E-state index contributed by atoms with van der Waals surface area (Å²) in [5.41, 5.74) is 23.0. The standard InChI is InChI=1S/C69H61N5/c1-48-37-57(45-73-66(48)63-25-11-17-35-70-63)68(31-13-14-32-68)43-50-39-51(44-69(33-15-16-34-69)58-38-49(2)67(74-46-58)64-26-12-18-36-71-64)41-56(40-50)59-23-9-10-24-60(59)62-47-72-65(55-21-7-4-8-22-55)42-61(62)54-29-27-53(28-30-54)52-19-5-3-6-20-52/h3-12,17-30,35-42,45-47H,13-16,31-34,43-44H2,1-2H3. The molecule has 5 heterocycles. The maximum Gasteiger partial charge on any atom is 0.0915 e. The predicted octanol–water partition coefficient (Wildman–Crippen LogP) is 17.1. The Labute approximate surface area is 436 Å². The molecule has 2 aliphatic rings. The van der Waals surface area contributed by atoms with Crippen molar-refractivity contribution in [3.8, 4) is 78.5 Å². The number of aryl methyl sites for hydroxylation is 2. The summed E-state index contributed by atoms with van der Waals surface area (Å²) in [7, 11) is 0. The lowest BCUT2D eigenvalue weighted by molar-refractivity contribution is 0.430. The molecule has 0 N–H and O–H groups in total. The van der Waals surface area contributed by atoms with E-state index in [1.54, 1.807) is 0 Å². The zero-order valence-electron chi connectivity index (χ0n) is 42.5. The molecule has 0 amide bonds. The number of hydrogen-bond donors (Lipinski definition) is 0. The van der Waals surface area contributed by atoms with Crippen molar-refractivity contribution in [3.63, 3.8) is 0 Å². The topological polar surface area (TPSA) is 64.5 Å². The molecule has 2 fully saturated rings. The highest BCUT2D eigenvalue weighted by Gasteiger charge is 2.39. The molecule has 5 nitrogen and oxygen atoms in total. The van der Waals surface area contributed by atoms with Crippen LogP contribution < -0.4 is 0 Å². The van der Waals surface area contributed by atoms with Gasteiger partial charge in [0.15, 0.2) is 0 Å². The van der Waals surface area contributed by atoms with Crippen LogP contribution in [0.15, 0.2) is 213 Å². The fraction of sp³-hybridized carbons (Fsp3) is 0.203. The molecule has 0 aliphatic heterocycles. The second-order valence-corrected chi connectivity index (χ2v) is 21.0. The lowest BCUT2D eigenvalue weighted by Crippen LogP contribution is -2.27. The lowest BCUT2D eigenvalue weighted by atomic mass is 9.72. The second kappa shape index (κ2) is 20.4. The van der Waals surface area contributed by atoms with Crippen molar-refractivity contribution in [2.24, 2.45) is 0 Å². The molecule has 2 aliphatic carbocycles. The van der Waals surface area contributed by atoms with Crippen molar-refractivity contribution in [3.05, 3.63) is 246 Å². The van der Waals surface area contributed by atoms with E-state index in [0.717, 1.165) is 89.2 Å². The molecule has 5 aromatic carbocycles. The quantitative estimate of drug-likeness (QED) is 0.115. The minimum absolute atomic E-state index is 0.0283. The van der Waals surface area contributed by atoms with Crippen molar-refractivity contribution in [2.45, 2.75) is 88.9 Å². The number of hydrogen-bond acceptors (Lipinski definition) is 5. The Hall–Kier alpha value is -8.15. The molecule has 2 saturated carbocycles. The summed E-state index contributed by atoms with van der Waals surface area (Å²) in [4.78, 5) is 24.9. The first-order valence-corrected chi connectivity index (χ1v) is 26.6. The Morgan fingerprint density at radius 3 is 1.32 bits per heavy atom. The molecule has 5 aromatic heterocycles. The van der Waals surface area contributed by atoms with Gasteiger partial charge in [-0.25, -0.2) is 0 Å². The molecular formula is C69H61N5. The fourth-order valence-electron chi connectivity index (χ4n) is 12.5. The van der Waals surface area contributed by atoms with E-state index in [0.29, 0.717) is 0 Å². The molecule has 0 spiro atoms. The number of rotatable bonds is 13. The average molecular weight is 960 g/mol. The van der Waals surface area contributed by atoms with Gasteiger partial charge in [0.05, 0.1) is 28.5 Å². The van der Waals surface area contributed by atoms with Gasteiger partial charge in [-0.2, -0.15) is 0 Å². The highest BCUT2D eigenvalue weighted by Crippen LogP contribution is 2.48. The summed E-state index contributed by atoms with van der Waals surface area (Å²) in [6.07, 6.45) is 21.4. The van der Waals surface area contributed by atoms with Gasteiger partial charge in [-0.15, -0.1) is 0 Å². The molecule has 12 rings (SSSR count). The smallest absolute Gasteiger partial charge is 0.0915 e. The Bertz CT molecular complexity index is 3430. The Morgan fingerprint density at radius 1 is 0.338 bits per heavy atom. The van der Waals surface area contributed by atoms with Crippen molar-refractivity contribution in [1.29, 1.82) is 0 Å². The normalized spacial score (nSPS) is 14.8. The fourth-order valence-corrected chi connectivity index (χ4v) is 12.5. The van der Waals surface area contributed by atoms with Crippen LogP contribution in [0.1, 0.15) is 84.7 Å². The van der Waals surface area contributed by atoms with Gasteiger partial charge in [0.1, 0.15) is 0 Å². The van der Waals surface area contributed by atoms with Crippen LogP contribution in [0.3, 0.4) is 0 Å². The van der Waals surface area contributed by atoms with E-state index < -0.39 is 0 Å². The summed E-state index contributed by atoms with van der Waals surface area (Å²) < 4.78 is 0. The molecule has 0 bridgehead atoms. The van der Waals surface area contributed by atoms with E-state index in [4.69, 9.17) is 15.0 Å². The average Bonchev–Trinajstić information content (AvgIpc) is 4.15. The summed E-state index contributed by atoms with van der Waals surface area (Å²) in [5.74, 6) is 0. The molecule has 0 unspecified atom stereocenters. The van der Waals surface area contributed by atoms with Gasteiger partial charge in [0.2, 0.25) is 0 Å². The van der Waals surface area contributed by atoms with Crippen molar-refractivity contribution < 1.29 is 0 Å². The third-order valence-electron chi connectivity index (χ3n) is 16.3. The highest BCUT2D eigenvalue weighted by atomic mass is 14.8. The molecule has 5 heteroatoms. The van der Waals surface area contributed by atoms with Crippen LogP contribution in [0.2, 0.25) is 0 Å². The van der Waals surface area contributed by atoms with Gasteiger partial charge >= 0.3 is 0 Å². The number of aromatic nitrogens is 5. The minimum atomic E-state index is -0.0283. The SMILES string of the molecule is Cc1cc(C2(Cc3cc(CC4(c5cnc(-c6ccccn6)c(C)c5)CCCC4)cc(-c4ccccc4-c4cnc(-c5ccccc5)cc4-c4ccc(-c5ccccc5)cc4)c3)CCCC2)cnc1-c1ccccn1. The summed E-state index contributed by atoms with van der Waals surface area (Å²) >= 11 is 0. The van der Waals surface area contributed by atoms with Crippen LogP contribution in [0.5, 0.6) is 0 Å². The van der Waals surface area contributed by atoms with Crippen LogP contribution in [-0.2, 0) is 23.7 Å². The largest absolute Gasteiger partial charge is 0.256 e. The van der Waals surface area contributed by atoms with Gasteiger partial charge in [-0.1, -0.05) is 177 Å². The first-order valence-electron chi connectivity index (χ1n) is 26.6. The maximum atomic E-state index is 5.21. The van der Waals surface area contributed by atoms with Crippen LogP contribution >= 0.6 is 0 Å². The van der Waals surface area contributed by atoms with E-state index in [1.807, 2.05) is 36.7 Å². The lowest BCUT2D eigenvalue weighted by Gasteiger charge is -2.32. The van der Waals surface area contributed by atoms with Gasteiger partial charge < -0.3 is 0 Å². The minimum Gasteiger partial charge on any atom is -0.256 e. The number of pyridine rings is 5. The van der Waals surface area contributed by atoms with E-state index in [2.05, 4.69) is 200 Å². The molecule has 10 aromatic rings. The monoisotopic (exact) mass is 959 g/mol. The van der Waals surface area contributed by atoms with E-state index >= 15 is 0 Å². The molecule has 362 valence electrons. The molecule has 0 atom stereocenters. The third kappa shape index (κ3) is 9.39. The highest BCUT2D eigenvalue weighted by molar-refractivity contribution is 5.93. The van der Waals surface area contributed by atoms with Crippen LogP contribution in [-0.4, -0.2) is 24.9 Å². The maximum absolute atomic E-state index is 5.21. The van der Waals surface area contributed by atoms with Crippen LogP contribution in [0.25, 0.3) is 78.5 Å². The Morgan fingerprint density at radius 2 is 0.811 bits per heavy atom. The van der Waals surface area contributed by atoms with Crippen LogP contribution in [0.4, 0.5) is 0 Å². The first-order chi connectivity index (χ1) is 36.4. The molecule has 74 heavy (non-hydrogen) atoms. The number of nitrogens with zero attached hydrogens (tertiary/aromatic N) is 5. The predicted molar refractivity (Wildman–Crippen MR) is 304 cm³/mol. The Kier molecular flexibility index (Phi) is 12.9. The van der Waals surface area contributed by atoms with Gasteiger partial charge in [0, 0.05) is 52.9 Å². The van der Waals surface area contributed by atoms with Crippen LogP contribution in [0, 0.1) is 13.8 Å². The van der Waals surface area contributed by atoms with Gasteiger partial charge in [-0.3, -0.25) is 24.9 Å². The number of benzene rings is 5. The Balaban J connectivity index is 0.992. The van der Waals surface area contributed by atoms with E-state index in [1.165, 1.54) is 86.9 Å². The van der Waals surface area contributed by atoms with E-state index in [9.17, 15) is 0 Å². The van der Waals surface area contributed by atoms with Gasteiger partial charge in [0.25, 0.3) is 0 Å². The molecule has 0 saturated heterocycles. The molecular weight excluding hydrogens is 899 g/mol. The summed E-state index contributed by atoms with van der Waals surface area (Å²) in [5, 5.41) is 0. The zero-order chi connectivity index (χ0) is 49.9. The summed E-state index contributed by atoms with van der Waals surface area (Å²) in [6.45, 7) is 4.40. The zero-order valence-corrected chi connectivity index (χ0v) is 42.5. The van der Waals surface area contributed by atoms with E-state index in [-0.39, 0.29) is 10.8 Å². The third-order valence-corrected chi connectivity index (χ3v) is 16.3. The van der Waals surface area contributed by atoms with Crippen molar-refractivity contribution in [2.75, 3.05) is 0 Å². The first kappa shape index (κ1) is 46.9.